The number of amides is 1. The molecule has 0 bridgehead atoms. The molecular weight excluding hydrogens is 344 g/mol. The zero-order chi connectivity index (χ0) is 17.8. The highest BCUT2D eigenvalue weighted by molar-refractivity contribution is 7.13. The third-order valence-electron chi connectivity index (χ3n) is 4.77. The van der Waals surface area contributed by atoms with Crippen molar-refractivity contribution in [3.63, 3.8) is 0 Å². The lowest BCUT2D eigenvalue weighted by atomic mass is 9.90. The summed E-state index contributed by atoms with van der Waals surface area (Å²) < 4.78 is 0. The fraction of sp³-hybridized carbons (Fsp3) is 0.300. The number of piperidine rings is 1. The molecule has 6 heteroatoms. The van der Waals surface area contributed by atoms with E-state index in [9.17, 15) is 4.79 Å². The van der Waals surface area contributed by atoms with Crippen LogP contribution >= 0.6 is 11.3 Å². The molecule has 0 N–H and O–H groups in total. The summed E-state index contributed by atoms with van der Waals surface area (Å²) in [5.41, 5.74) is 2.60. The first kappa shape index (κ1) is 16.8. The molecule has 1 fully saturated rings. The van der Waals surface area contributed by atoms with Gasteiger partial charge >= 0.3 is 0 Å². The Labute approximate surface area is 156 Å². The van der Waals surface area contributed by atoms with Crippen molar-refractivity contribution in [2.75, 3.05) is 13.1 Å². The molecule has 0 atom stereocenters. The minimum absolute atomic E-state index is 0.0227. The number of hydrogen-bond acceptors (Lipinski definition) is 5. The Morgan fingerprint density at radius 2 is 1.96 bits per heavy atom. The average Bonchev–Trinajstić information content (AvgIpc) is 3.20. The van der Waals surface area contributed by atoms with Crippen LogP contribution in [0.3, 0.4) is 0 Å². The lowest BCUT2D eigenvalue weighted by molar-refractivity contribution is 0.0685. The molecule has 3 aromatic rings. The number of thiazole rings is 1. The second kappa shape index (κ2) is 7.74. The topological polar surface area (TPSA) is 59.0 Å². The van der Waals surface area contributed by atoms with Crippen LogP contribution in [-0.2, 0) is 6.42 Å². The number of carbonyl (C=O) groups excluding carboxylic acids is 1. The van der Waals surface area contributed by atoms with Gasteiger partial charge in [0.2, 0.25) is 0 Å². The number of nitrogens with zero attached hydrogens (tertiary/aromatic N) is 4. The minimum atomic E-state index is 0.0227. The van der Waals surface area contributed by atoms with E-state index < -0.39 is 0 Å². The Balaban J connectivity index is 1.36. The molecule has 1 aliphatic heterocycles. The molecule has 3 heterocycles. The quantitative estimate of drug-likeness (QED) is 0.708. The molecule has 1 aliphatic rings. The maximum Gasteiger partial charge on any atom is 0.273 e. The van der Waals surface area contributed by atoms with Crippen molar-refractivity contribution in [1.29, 1.82) is 0 Å². The molecule has 0 unspecified atom stereocenters. The van der Waals surface area contributed by atoms with E-state index in [2.05, 4.69) is 39.2 Å². The number of likely N-dealkylation sites (tertiary alicyclic amines) is 1. The van der Waals surface area contributed by atoms with Gasteiger partial charge in [0.15, 0.2) is 0 Å². The van der Waals surface area contributed by atoms with Crippen molar-refractivity contribution in [3.8, 4) is 10.7 Å². The normalized spacial score (nSPS) is 15.2. The number of carbonyl (C=O) groups is 1. The van der Waals surface area contributed by atoms with E-state index in [4.69, 9.17) is 0 Å². The average molecular weight is 364 g/mol. The molecular formula is C20H20N4OS. The molecule has 0 radical (unpaired) electrons. The van der Waals surface area contributed by atoms with Crippen LogP contribution in [0.25, 0.3) is 10.7 Å². The van der Waals surface area contributed by atoms with Gasteiger partial charge in [-0.05, 0) is 30.7 Å². The van der Waals surface area contributed by atoms with E-state index in [1.54, 1.807) is 18.6 Å². The third kappa shape index (κ3) is 3.80. The van der Waals surface area contributed by atoms with Crippen LogP contribution < -0.4 is 0 Å². The van der Waals surface area contributed by atoms with Crippen LogP contribution in [0.1, 0.15) is 28.9 Å². The molecule has 26 heavy (non-hydrogen) atoms. The Bertz CT molecular complexity index is 858. The van der Waals surface area contributed by atoms with Crippen molar-refractivity contribution in [3.05, 3.63) is 65.6 Å². The van der Waals surface area contributed by atoms with E-state index in [1.807, 2.05) is 16.3 Å². The second-order valence-corrected chi connectivity index (χ2v) is 7.41. The number of benzene rings is 1. The summed E-state index contributed by atoms with van der Waals surface area (Å²) >= 11 is 1.44. The van der Waals surface area contributed by atoms with Gasteiger partial charge in [-0.3, -0.25) is 14.8 Å². The van der Waals surface area contributed by atoms with Crippen molar-refractivity contribution in [2.24, 2.45) is 5.92 Å². The van der Waals surface area contributed by atoms with Gasteiger partial charge in [0.05, 0.1) is 6.20 Å². The highest BCUT2D eigenvalue weighted by Crippen LogP contribution is 2.25. The summed E-state index contributed by atoms with van der Waals surface area (Å²) in [7, 11) is 0. The van der Waals surface area contributed by atoms with Gasteiger partial charge in [0.25, 0.3) is 5.91 Å². The highest BCUT2D eigenvalue weighted by atomic mass is 32.1. The molecule has 0 saturated carbocycles. The number of aromatic nitrogens is 3. The van der Waals surface area contributed by atoms with Crippen LogP contribution in [0.4, 0.5) is 0 Å². The highest BCUT2D eigenvalue weighted by Gasteiger charge is 2.25. The largest absolute Gasteiger partial charge is 0.337 e. The van der Waals surface area contributed by atoms with Crippen LogP contribution in [0.5, 0.6) is 0 Å². The van der Waals surface area contributed by atoms with E-state index in [0.29, 0.717) is 17.3 Å². The fourth-order valence-electron chi connectivity index (χ4n) is 3.35. The number of hydrogen-bond donors (Lipinski definition) is 0. The Morgan fingerprint density at radius 3 is 2.69 bits per heavy atom. The molecule has 4 rings (SSSR count). The first-order valence-corrected chi connectivity index (χ1v) is 9.72. The first-order valence-electron chi connectivity index (χ1n) is 8.85. The second-order valence-electron chi connectivity index (χ2n) is 6.55. The van der Waals surface area contributed by atoms with Gasteiger partial charge in [-0.25, -0.2) is 4.98 Å². The standard InChI is InChI=1S/C20H20N4OS/c25-20(18-14-26-19(23-18)17-13-21-8-9-22-17)24-10-6-16(7-11-24)12-15-4-2-1-3-5-15/h1-5,8-9,13-14,16H,6-7,10-12H2. The summed E-state index contributed by atoms with van der Waals surface area (Å²) in [6.07, 6.45) is 8.11. The maximum atomic E-state index is 12.7. The Morgan fingerprint density at radius 1 is 1.15 bits per heavy atom. The van der Waals surface area contributed by atoms with Crippen LogP contribution in [-0.4, -0.2) is 38.8 Å². The molecule has 2 aromatic heterocycles. The summed E-state index contributed by atoms with van der Waals surface area (Å²) in [6.45, 7) is 1.60. The SMILES string of the molecule is O=C(c1csc(-c2cnccn2)n1)N1CCC(Cc2ccccc2)CC1. The lowest BCUT2D eigenvalue weighted by Crippen LogP contribution is -2.39. The molecule has 1 saturated heterocycles. The summed E-state index contributed by atoms with van der Waals surface area (Å²) in [5.74, 6) is 0.668. The Kier molecular flexibility index (Phi) is 5.02. The monoisotopic (exact) mass is 364 g/mol. The zero-order valence-corrected chi connectivity index (χ0v) is 15.2. The van der Waals surface area contributed by atoms with E-state index in [-0.39, 0.29) is 5.91 Å². The van der Waals surface area contributed by atoms with Gasteiger partial charge in [0, 0.05) is 30.9 Å². The minimum Gasteiger partial charge on any atom is -0.337 e. The first-order chi connectivity index (χ1) is 12.8. The van der Waals surface area contributed by atoms with Crippen molar-refractivity contribution in [1.82, 2.24) is 19.9 Å². The smallest absolute Gasteiger partial charge is 0.273 e. The predicted octanol–water partition coefficient (Wildman–Crippen LogP) is 3.70. The van der Waals surface area contributed by atoms with Gasteiger partial charge < -0.3 is 4.90 Å². The van der Waals surface area contributed by atoms with Gasteiger partial charge in [-0.1, -0.05) is 30.3 Å². The van der Waals surface area contributed by atoms with Crippen molar-refractivity contribution in [2.45, 2.75) is 19.3 Å². The lowest BCUT2D eigenvalue weighted by Gasteiger charge is -2.31. The van der Waals surface area contributed by atoms with Crippen LogP contribution in [0, 0.1) is 5.92 Å². The molecule has 1 aromatic carbocycles. The van der Waals surface area contributed by atoms with Crippen LogP contribution in [0.2, 0.25) is 0 Å². The van der Waals surface area contributed by atoms with Crippen LogP contribution in [0.15, 0.2) is 54.3 Å². The molecule has 5 nitrogen and oxygen atoms in total. The zero-order valence-electron chi connectivity index (χ0n) is 14.4. The van der Waals surface area contributed by atoms with Crippen molar-refractivity contribution < 1.29 is 4.79 Å². The van der Waals surface area contributed by atoms with E-state index in [1.165, 1.54) is 16.9 Å². The van der Waals surface area contributed by atoms with Crippen molar-refractivity contribution >= 4 is 17.2 Å². The molecule has 1 amide bonds. The summed E-state index contributed by atoms with van der Waals surface area (Å²) in [5, 5.41) is 2.56. The van der Waals surface area contributed by atoms with Gasteiger partial charge in [0.1, 0.15) is 16.4 Å². The number of rotatable bonds is 4. The Hall–Kier alpha value is -2.60. The summed E-state index contributed by atoms with van der Waals surface area (Å²) in [6, 6.07) is 10.6. The third-order valence-corrected chi connectivity index (χ3v) is 5.64. The summed E-state index contributed by atoms with van der Waals surface area (Å²) in [4.78, 5) is 27.4. The van der Waals surface area contributed by atoms with Gasteiger partial charge in [-0.15, -0.1) is 11.3 Å². The van der Waals surface area contributed by atoms with E-state index >= 15 is 0 Å². The maximum absolute atomic E-state index is 12.7. The predicted molar refractivity (Wildman–Crippen MR) is 102 cm³/mol. The molecule has 0 aliphatic carbocycles. The van der Waals surface area contributed by atoms with Gasteiger partial charge in [-0.2, -0.15) is 0 Å². The fourth-order valence-corrected chi connectivity index (χ4v) is 4.10. The molecule has 132 valence electrons. The van der Waals surface area contributed by atoms with E-state index in [0.717, 1.165) is 37.4 Å². The molecule has 0 spiro atoms.